The molecule has 0 aromatic heterocycles. The monoisotopic (exact) mass is 234 g/mol. The lowest BCUT2D eigenvalue weighted by atomic mass is 9.79. The summed E-state index contributed by atoms with van der Waals surface area (Å²) >= 11 is 0. The Morgan fingerprint density at radius 3 is 2.12 bits per heavy atom. The summed E-state index contributed by atoms with van der Waals surface area (Å²) < 4.78 is 0. The van der Waals surface area contributed by atoms with Crippen LogP contribution in [0.3, 0.4) is 0 Å². The fraction of sp³-hybridized carbons (Fsp3) is 0.625. The van der Waals surface area contributed by atoms with Gasteiger partial charge >= 0.3 is 0 Å². The topological polar surface area (TPSA) is 20.2 Å². The Kier molecular flexibility index (Phi) is 4.76. The Morgan fingerprint density at radius 2 is 1.65 bits per heavy atom. The summed E-state index contributed by atoms with van der Waals surface area (Å²) in [7, 11) is 0. The minimum atomic E-state index is -0.372. The molecule has 1 atom stereocenters. The van der Waals surface area contributed by atoms with Gasteiger partial charge in [0.25, 0.3) is 0 Å². The molecule has 1 N–H and O–H groups in total. The van der Waals surface area contributed by atoms with Gasteiger partial charge in [0, 0.05) is 0 Å². The Morgan fingerprint density at radius 1 is 1.06 bits per heavy atom. The Labute approximate surface area is 106 Å². The highest BCUT2D eigenvalue weighted by atomic mass is 16.3. The summed E-state index contributed by atoms with van der Waals surface area (Å²) in [6.07, 6.45) is 2.71. The molecular weight excluding hydrogens is 208 g/mol. The van der Waals surface area contributed by atoms with Crippen molar-refractivity contribution in [2.75, 3.05) is 0 Å². The van der Waals surface area contributed by atoms with Gasteiger partial charge in [-0.15, -0.1) is 0 Å². The SMILES string of the molecule is CCc1ccc(C(O)C(C)(C)CC)cc1CC. The third-order valence-electron chi connectivity index (χ3n) is 3.96. The van der Waals surface area contributed by atoms with E-state index in [9.17, 15) is 5.11 Å². The molecule has 0 fully saturated rings. The van der Waals surface area contributed by atoms with Crippen molar-refractivity contribution in [1.29, 1.82) is 0 Å². The number of hydrogen-bond donors (Lipinski definition) is 1. The summed E-state index contributed by atoms with van der Waals surface area (Å²) in [5, 5.41) is 10.4. The van der Waals surface area contributed by atoms with Gasteiger partial charge < -0.3 is 5.11 Å². The van der Waals surface area contributed by atoms with Crippen molar-refractivity contribution < 1.29 is 5.11 Å². The summed E-state index contributed by atoms with van der Waals surface area (Å²) in [6, 6.07) is 6.43. The third kappa shape index (κ3) is 3.10. The minimum Gasteiger partial charge on any atom is -0.388 e. The molecule has 96 valence electrons. The van der Waals surface area contributed by atoms with E-state index in [1.807, 2.05) is 0 Å². The van der Waals surface area contributed by atoms with Crippen molar-refractivity contribution in [3.05, 3.63) is 34.9 Å². The number of rotatable bonds is 5. The molecule has 0 saturated carbocycles. The molecule has 0 radical (unpaired) electrons. The van der Waals surface area contributed by atoms with Crippen LogP contribution in [-0.4, -0.2) is 5.11 Å². The molecule has 1 aromatic carbocycles. The Bertz CT molecular complexity index is 366. The highest BCUT2D eigenvalue weighted by Gasteiger charge is 2.27. The predicted octanol–water partition coefficient (Wildman–Crippen LogP) is 4.28. The van der Waals surface area contributed by atoms with Gasteiger partial charge in [-0.3, -0.25) is 0 Å². The van der Waals surface area contributed by atoms with Crippen molar-refractivity contribution in [3.8, 4) is 0 Å². The smallest absolute Gasteiger partial charge is 0.0840 e. The normalized spacial score (nSPS) is 13.8. The second-order valence-electron chi connectivity index (χ2n) is 5.48. The standard InChI is InChI=1S/C16H26O/c1-6-12-9-10-14(11-13(12)7-2)15(17)16(4,5)8-3/h9-11,15,17H,6-8H2,1-5H3. The highest BCUT2D eigenvalue weighted by molar-refractivity contribution is 5.33. The molecule has 0 spiro atoms. The number of benzene rings is 1. The zero-order valence-electron chi connectivity index (χ0n) is 11.9. The van der Waals surface area contributed by atoms with Gasteiger partial charge in [0.2, 0.25) is 0 Å². The molecule has 0 aliphatic heterocycles. The number of aryl methyl sites for hydroxylation is 2. The molecule has 0 aliphatic carbocycles. The summed E-state index contributed by atoms with van der Waals surface area (Å²) in [6.45, 7) is 10.7. The van der Waals surface area contributed by atoms with Crippen LogP contribution in [0.15, 0.2) is 18.2 Å². The quantitative estimate of drug-likeness (QED) is 0.806. The van der Waals surface area contributed by atoms with E-state index >= 15 is 0 Å². The molecule has 0 aliphatic rings. The van der Waals surface area contributed by atoms with Gasteiger partial charge in [-0.25, -0.2) is 0 Å². The number of hydrogen-bond acceptors (Lipinski definition) is 1. The lowest BCUT2D eigenvalue weighted by Crippen LogP contribution is -2.21. The van der Waals surface area contributed by atoms with Crippen LogP contribution in [0.5, 0.6) is 0 Å². The number of aliphatic hydroxyl groups excluding tert-OH is 1. The molecule has 0 saturated heterocycles. The maximum absolute atomic E-state index is 10.4. The van der Waals surface area contributed by atoms with E-state index in [0.29, 0.717) is 0 Å². The van der Waals surface area contributed by atoms with Crippen LogP contribution in [0.4, 0.5) is 0 Å². The van der Waals surface area contributed by atoms with Crippen molar-refractivity contribution in [2.24, 2.45) is 5.41 Å². The van der Waals surface area contributed by atoms with Gasteiger partial charge in [0.1, 0.15) is 0 Å². The van der Waals surface area contributed by atoms with E-state index in [0.717, 1.165) is 24.8 Å². The first kappa shape index (κ1) is 14.2. The molecule has 1 unspecified atom stereocenters. The first-order valence-electron chi connectivity index (χ1n) is 6.76. The van der Waals surface area contributed by atoms with Crippen LogP contribution in [0.25, 0.3) is 0 Å². The van der Waals surface area contributed by atoms with Crippen LogP contribution in [0, 0.1) is 5.41 Å². The van der Waals surface area contributed by atoms with Gasteiger partial charge in [-0.1, -0.05) is 52.8 Å². The molecule has 17 heavy (non-hydrogen) atoms. The zero-order valence-corrected chi connectivity index (χ0v) is 11.9. The van der Waals surface area contributed by atoms with E-state index < -0.39 is 0 Å². The molecule has 0 bridgehead atoms. The second-order valence-corrected chi connectivity index (χ2v) is 5.48. The second kappa shape index (κ2) is 5.68. The molecule has 0 heterocycles. The first-order chi connectivity index (χ1) is 7.96. The molecule has 1 rings (SSSR count). The average Bonchev–Trinajstić information content (AvgIpc) is 2.36. The third-order valence-corrected chi connectivity index (χ3v) is 3.96. The van der Waals surface area contributed by atoms with Crippen molar-refractivity contribution >= 4 is 0 Å². The molecule has 0 amide bonds. The summed E-state index contributed by atoms with van der Waals surface area (Å²) in [4.78, 5) is 0. The van der Waals surface area contributed by atoms with Crippen LogP contribution in [0.1, 0.15) is 63.8 Å². The van der Waals surface area contributed by atoms with Crippen LogP contribution in [-0.2, 0) is 12.8 Å². The van der Waals surface area contributed by atoms with E-state index in [1.54, 1.807) is 0 Å². The molecular formula is C16H26O. The summed E-state index contributed by atoms with van der Waals surface area (Å²) in [5.74, 6) is 0. The fourth-order valence-corrected chi connectivity index (χ4v) is 2.13. The van der Waals surface area contributed by atoms with Crippen LogP contribution < -0.4 is 0 Å². The van der Waals surface area contributed by atoms with Crippen LogP contribution >= 0.6 is 0 Å². The van der Waals surface area contributed by atoms with Crippen molar-refractivity contribution in [2.45, 2.75) is 60.0 Å². The number of aliphatic hydroxyl groups is 1. The summed E-state index contributed by atoms with van der Waals surface area (Å²) in [5.41, 5.74) is 3.78. The molecule has 1 nitrogen and oxygen atoms in total. The van der Waals surface area contributed by atoms with E-state index in [2.05, 4.69) is 52.8 Å². The average molecular weight is 234 g/mol. The van der Waals surface area contributed by atoms with Gasteiger partial charge in [0.05, 0.1) is 6.10 Å². The zero-order chi connectivity index (χ0) is 13.1. The van der Waals surface area contributed by atoms with Crippen LogP contribution in [0.2, 0.25) is 0 Å². The highest BCUT2D eigenvalue weighted by Crippen LogP contribution is 2.36. The lowest BCUT2D eigenvalue weighted by molar-refractivity contribution is 0.0465. The fourth-order valence-electron chi connectivity index (χ4n) is 2.13. The lowest BCUT2D eigenvalue weighted by Gasteiger charge is -2.30. The first-order valence-corrected chi connectivity index (χ1v) is 6.76. The van der Waals surface area contributed by atoms with E-state index in [4.69, 9.17) is 0 Å². The molecule has 1 heteroatoms. The molecule has 1 aromatic rings. The van der Waals surface area contributed by atoms with Crippen molar-refractivity contribution in [1.82, 2.24) is 0 Å². The van der Waals surface area contributed by atoms with Gasteiger partial charge in [-0.2, -0.15) is 0 Å². The van der Waals surface area contributed by atoms with Gasteiger partial charge in [0.15, 0.2) is 0 Å². The Balaban J connectivity index is 3.07. The largest absolute Gasteiger partial charge is 0.388 e. The minimum absolute atomic E-state index is 0.0568. The predicted molar refractivity (Wildman–Crippen MR) is 74.2 cm³/mol. The maximum Gasteiger partial charge on any atom is 0.0840 e. The Hall–Kier alpha value is -0.820. The maximum atomic E-state index is 10.4. The van der Waals surface area contributed by atoms with Gasteiger partial charge in [-0.05, 0) is 41.4 Å². The van der Waals surface area contributed by atoms with E-state index in [-0.39, 0.29) is 11.5 Å². The van der Waals surface area contributed by atoms with E-state index in [1.165, 1.54) is 11.1 Å². The van der Waals surface area contributed by atoms with Crippen molar-refractivity contribution in [3.63, 3.8) is 0 Å².